The molecule has 2 aliphatic rings. The smallest absolute Gasteiger partial charge is 0.223 e. The minimum absolute atomic E-state index is 0.139. The van der Waals surface area contributed by atoms with Crippen molar-refractivity contribution in [3.8, 4) is 11.5 Å². The highest BCUT2D eigenvalue weighted by Crippen LogP contribution is 2.37. The molecule has 30 heavy (non-hydrogen) atoms. The van der Waals surface area contributed by atoms with Crippen molar-refractivity contribution < 1.29 is 18.9 Å². The van der Waals surface area contributed by atoms with Crippen molar-refractivity contribution >= 4 is 21.5 Å². The molecule has 0 N–H and O–H groups in total. The monoisotopic (exact) mass is 398 g/mol. The first-order valence-corrected chi connectivity index (χ1v) is 10.4. The van der Waals surface area contributed by atoms with Gasteiger partial charge in [-0.15, -0.1) is 0 Å². The Hall–Kier alpha value is -3.08. The molecule has 150 valence electrons. The van der Waals surface area contributed by atoms with Crippen LogP contribution < -0.4 is 9.47 Å². The van der Waals surface area contributed by atoms with Gasteiger partial charge in [0.1, 0.15) is 30.8 Å². The summed E-state index contributed by atoms with van der Waals surface area (Å²) in [5, 5.41) is 4.80. The van der Waals surface area contributed by atoms with E-state index in [-0.39, 0.29) is 12.4 Å². The number of rotatable bonds is 7. The lowest BCUT2D eigenvalue weighted by Gasteiger charge is -2.17. The molecule has 0 amide bonds. The molecular formula is C26H22O4. The van der Waals surface area contributed by atoms with Crippen LogP contribution >= 0.6 is 0 Å². The summed E-state index contributed by atoms with van der Waals surface area (Å²) in [6.45, 7) is 2.02. The van der Waals surface area contributed by atoms with E-state index in [9.17, 15) is 0 Å². The third kappa shape index (κ3) is 3.49. The Morgan fingerprint density at radius 2 is 1.30 bits per heavy atom. The summed E-state index contributed by atoms with van der Waals surface area (Å²) in [6, 6.07) is 25.3. The topological polar surface area (TPSA) is 43.5 Å². The molecule has 4 aromatic carbocycles. The molecule has 0 saturated carbocycles. The first kappa shape index (κ1) is 17.8. The summed E-state index contributed by atoms with van der Waals surface area (Å²) in [5.41, 5.74) is 2.33. The molecule has 2 saturated heterocycles. The Labute approximate surface area is 174 Å². The molecule has 0 aliphatic carbocycles. The average Bonchev–Trinajstić information content (AvgIpc) is 3.70. The van der Waals surface area contributed by atoms with Gasteiger partial charge in [0.15, 0.2) is 0 Å². The summed E-state index contributed by atoms with van der Waals surface area (Å²) in [6.07, 6.45) is 0.791. The molecule has 0 radical (unpaired) electrons. The molecule has 4 nitrogen and oxygen atoms in total. The molecule has 4 aromatic rings. The lowest BCUT2D eigenvalue weighted by atomic mass is 9.93. The van der Waals surface area contributed by atoms with Crippen molar-refractivity contribution in [2.75, 3.05) is 19.8 Å². The van der Waals surface area contributed by atoms with Crippen LogP contribution in [0, 0.1) is 0 Å². The van der Waals surface area contributed by atoms with Gasteiger partial charge in [0.2, 0.25) is 6.29 Å². The van der Waals surface area contributed by atoms with Crippen molar-refractivity contribution in [1.82, 2.24) is 0 Å². The van der Waals surface area contributed by atoms with E-state index in [0.29, 0.717) is 19.6 Å². The molecule has 2 unspecified atom stereocenters. The fourth-order valence-corrected chi connectivity index (χ4v) is 4.01. The summed E-state index contributed by atoms with van der Waals surface area (Å²) in [4.78, 5) is 0. The Morgan fingerprint density at radius 3 is 1.93 bits per heavy atom. The average molecular weight is 398 g/mol. The lowest BCUT2D eigenvalue weighted by Crippen LogP contribution is -2.07. The number of hydrogen-bond acceptors (Lipinski definition) is 4. The highest BCUT2D eigenvalue weighted by molar-refractivity contribution is 5.91. The summed E-state index contributed by atoms with van der Waals surface area (Å²) >= 11 is 0. The molecule has 0 aromatic heterocycles. The zero-order valence-electron chi connectivity index (χ0n) is 16.5. The molecule has 0 spiro atoms. The van der Waals surface area contributed by atoms with E-state index in [0.717, 1.165) is 23.7 Å². The van der Waals surface area contributed by atoms with Gasteiger partial charge in [-0.1, -0.05) is 60.7 Å². The zero-order chi connectivity index (χ0) is 19.9. The third-order valence-corrected chi connectivity index (χ3v) is 5.74. The van der Waals surface area contributed by atoms with Crippen molar-refractivity contribution in [2.24, 2.45) is 0 Å². The quantitative estimate of drug-likeness (QED) is 0.407. The van der Waals surface area contributed by atoms with Crippen molar-refractivity contribution in [1.29, 1.82) is 0 Å². The normalized spacial score (nSPS) is 19.7. The van der Waals surface area contributed by atoms with Gasteiger partial charge in [0.25, 0.3) is 0 Å². The molecule has 2 fully saturated rings. The summed E-state index contributed by atoms with van der Waals surface area (Å²) in [7, 11) is 0. The maximum atomic E-state index is 6.20. The fourth-order valence-electron chi connectivity index (χ4n) is 4.01. The molecular weight excluding hydrogens is 376 g/mol. The van der Waals surface area contributed by atoms with Crippen LogP contribution in [0.3, 0.4) is 0 Å². The first-order valence-electron chi connectivity index (χ1n) is 10.4. The predicted molar refractivity (Wildman–Crippen MR) is 116 cm³/mol. The van der Waals surface area contributed by atoms with Gasteiger partial charge in [0, 0.05) is 17.5 Å². The van der Waals surface area contributed by atoms with E-state index in [1.807, 2.05) is 0 Å². The van der Waals surface area contributed by atoms with Crippen molar-refractivity contribution in [3.63, 3.8) is 0 Å². The second-order valence-electron chi connectivity index (χ2n) is 7.85. The number of epoxide rings is 2. The maximum Gasteiger partial charge on any atom is 0.223 e. The highest BCUT2D eigenvalue weighted by atomic mass is 16.8. The van der Waals surface area contributed by atoms with Gasteiger partial charge in [-0.25, -0.2) is 0 Å². The predicted octanol–water partition coefficient (Wildman–Crippen LogP) is 5.10. The van der Waals surface area contributed by atoms with Crippen molar-refractivity contribution in [2.45, 2.75) is 18.8 Å². The van der Waals surface area contributed by atoms with Gasteiger partial charge >= 0.3 is 0 Å². The number of ether oxygens (including phenoxy) is 4. The van der Waals surface area contributed by atoms with E-state index in [2.05, 4.69) is 72.8 Å². The van der Waals surface area contributed by atoms with Crippen LogP contribution in [0.15, 0.2) is 72.8 Å². The van der Waals surface area contributed by atoms with Gasteiger partial charge in [-0.05, 0) is 33.7 Å². The Bertz CT molecular complexity index is 1220. The Morgan fingerprint density at radius 1 is 0.700 bits per heavy atom. The third-order valence-electron chi connectivity index (χ3n) is 5.74. The molecule has 4 heteroatoms. The SMILES string of the molecule is c1ccc2c(Cc3c(OC4CO4)ccc4ccccc34)c(OCC3CO3)ccc2c1. The summed E-state index contributed by atoms with van der Waals surface area (Å²) < 4.78 is 23.0. The Balaban J connectivity index is 1.49. The van der Waals surface area contributed by atoms with Crippen LogP contribution in [0.5, 0.6) is 11.5 Å². The number of hydrogen-bond donors (Lipinski definition) is 0. The molecule has 6 rings (SSSR count). The molecule has 0 bridgehead atoms. The second-order valence-corrected chi connectivity index (χ2v) is 7.85. The van der Waals surface area contributed by atoms with Crippen LogP contribution in [0.4, 0.5) is 0 Å². The molecule has 2 heterocycles. The largest absolute Gasteiger partial charge is 0.490 e. The highest BCUT2D eigenvalue weighted by Gasteiger charge is 2.27. The van der Waals surface area contributed by atoms with Crippen LogP contribution in [0.25, 0.3) is 21.5 Å². The van der Waals surface area contributed by atoms with Gasteiger partial charge in [-0.2, -0.15) is 0 Å². The van der Waals surface area contributed by atoms with Gasteiger partial charge < -0.3 is 18.9 Å². The van der Waals surface area contributed by atoms with E-state index in [1.54, 1.807) is 0 Å². The first-order chi connectivity index (χ1) is 14.8. The van der Waals surface area contributed by atoms with Crippen LogP contribution in [0.2, 0.25) is 0 Å². The molecule has 2 aliphatic heterocycles. The fraction of sp³-hybridized carbons (Fsp3) is 0.231. The maximum absolute atomic E-state index is 6.20. The van der Waals surface area contributed by atoms with Crippen LogP contribution in [-0.2, 0) is 15.9 Å². The van der Waals surface area contributed by atoms with Crippen LogP contribution in [-0.4, -0.2) is 32.2 Å². The standard InChI is InChI=1S/C26H22O4/c1-3-7-20-17(5-1)9-11-24(28-15-19-14-27-19)22(20)13-23-21-8-4-2-6-18(21)10-12-25(23)30-26-16-29-26/h1-12,19,26H,13-16H2. The van der Waals surface area contributed by atoms with Crippen molar-refractivity contribution in [3.05, 3.63) is 83.9 Å². The van der Waals surface area contributed by atoms with Gasteiger partial charge in [-0.3, -0.25) is 0 Å². The Kier molecular flexibility index (Phi) is 4.33. The molecule has 2 atom stereocenters. The lowest BCUT2D eigenvalue weighted by molar-refractivity contribution is 0.178. The van der Waals surface area contributed by atoms with E-state index in [1.165, 1.54) is 27.1 Å². The number of benzene rings is 4. The second kappa shape index (κ2) is 7.31. The summed E-state index contributed by atoms with van der Waals surface area (Å²) in [5.74, 6) is 1.78. The zero-order valence-corrected chi connectivity index (χ0v) is 16.5. The van der Waals surface area contributed by atoms with E-state index >= 15 is 0 Å². The number of fused-ring (bicyclic) bond motifs is 2. The van der Waals surface area contributed by atoms with Crippen LogP contribution in [0.1, 0.15) is 11.1 Å². The van der Waals surface area contributed by atoms with E-state index < -0.39 is 0 Å². The minimum atomic E-state index is -0.139. The van der Waals surface area contributed by atoms with E-state index in [4.69, 9.17) is 18.9 Å². The minimum Gasteiger partial charge on any atom is -0.490 e. The van der Waals surface area contributed by atoms with Gasteiger partial charge in [0.05, 0.1) is 6.61 Å².